The maximum absolute atomic E-state index is 15.5. The van der Waals surface area contributed by atoms with Gasteiger partial charge in [-0.15, -0.1) is 6.58 Å². The van der Waals surface area contributed by atoms with Crippen LogP contribution in [0.15, 0.2) is 113 Å². The minimum Gasteiger partial charge on any atom is -0.489 e. The van der Waals surface area contributed by atoms with Gasteiger partial charge in [-0.05, 0) is 107 Å². The molecule has 1 saturated carbocycles. The van der Waals surface area contributed by atoms with E-state index in [9.17, 15) is 14.6 Å². The molecule has 2 N–H and O–H groups in total. The Kier molecular flexibility index (Phi) is 14.7. The van der Waals surface area contributed by atoms with Crippen molar-refractivity contribution in [3.8, 4) is 11.5 Å². The third kappa shape index (κ3) is 9.73. The van der Waals surface area contributed by atoms with Crippen LogP contribution in [0, 0.1) is 23.6 Å². The van der Waals surface area contributed by atoms with Crippen LogP contribution in [0.2, 0.25) is 0 Å². The molecular weight excluding hydrogens is 822 g/mol. The zero-order chi connectivity index (χ0) is 44.8. The number of oxime groups is 1. The molecule has 3 aliphatic rings. The summed E-state index contributed by atoms with van der Waals surface area (Å²) >= 11 is 0. The second-order valence-electron chi connectivity index (χ2n) is 17.8. The molecule has 0 saturated heterocycles. The lowest BCUT2D eigenvalue weighted by molar-refractivity contribution is -0.251. The topological polar surface area (TPSA) is 140 Å². The maximum Gasteiger partial charge on any atom is 0.245 e. The average molecular weight is 884 g/mol. The molecule has 338 valence electrons. The summed E-state index contributed by atoms with van der Waals surface area (Å²) in [5.74, 6) is -1.88. The number of halogens is 1. The fourth-order valence-electron chi connectivity index (χ4n) is 9.76. The van der Waals surface area contributed by atoms with Crippen LogP contribution in [0.1, 0.15) is 96.1 Å². The minimum absolute atomic E-state index is 0.00570. The Labute approximate surface area is 371 Å². The highest BCUT2D eigenvalue weighted by atomic mass is 32.2. The Morgan fingerprint density at radius 2 is 1.78 bits per heavy atom. The van der Waals surface area contributed by atoms with E-state index in [0.717, 1.165) is 36.8 Å². The molecule has 3 aromatic carbocycles. The van der Waals surface area contributed by atoms with E-state index in [2.05, 4.69) is 17.6 Å². The first kappa shape index (κ1) is 46.3. The minimum atomic E-state index is -4.30. The number of ether oxygens (including phenoxy) is 3. The largest absolute Gasteiger partial charge is 0.489 e. The third-order valence-electron chi connectivity index (χ3n) is 12.4. The van der Waals surface area contributed by atoms with Gasteiger partial charge in [0.1, 0.15) is 34.4 Å². The van der Waals surface area contributed by atoms with Gasteiger partial charge < -0.3 is 29.3 Å². The molecule has 0 spiro atoms. The van der Waals surface area contributed by atoms with Crippen molar-refractivity contribution in [3.05, 3.63) is 120 Å². The number of hydrogen-bond acceptors (Lipinski definition) is 10. The van der Waals surface area contributed by atoms with Crippen molar-refractivity contribution in [3.63, 3.8) is 0 Å². The van der Waals surface area contributed by atoms with Gasteiger partial charge in [-0.1, -0.05) is 73.5 Å². The van der Waals surface area contributed by atoms with E-state index >= 15 is 8.42 Å². The highest BCUT2D eigenvalue weighted by Crippen LogP contribution is 2.62. The van der Waals surface area contributed by atoms with Crippen LogP contribution in [0.4, 0.5) is 4.39 Å². The monoisotopic (exact) mass is 883 g/mol. The molecule has 2 heterocycles. The van der Waals surface area contributed by atoms with E-state index in [1.807, 2.05) is 52.0 Å². The molecule has 0 radical (unpaired) electrons. The molecule has 1 fully saturated rings. The van der Waals surface area contributed by atoms with Crippen LogP contribution in [-0.4, -0.2) is 77.4 Å². The van der Waals surface area contributed by atoms with Gasteiger partial charge in [0.15, 0.2) is 0 Å². The smallest absolute Gasteiger partial charge is 0.245 e. The molecule has 11 nitrogen and oxygen atoms in total. The van der Waals surface area contributed by atoms with E-state index in [-0.39, 0.29) is 67.9 Å². The number of allylic oxidation sites excluding steroid dienone is 1. The van der Waals surface area contributed by atoms with Gasteiger partial charge >= 0.3 is 0 Å². The fraction of sp³-hybridized carbons (Fsp3) is 0.480. The van der Waals surface area contributed by atoms with Crippen LogP contribution in [-0.2, 0) is 26.2 Å². The molecule has 0 amide bonds. The molecule has 1 aliphatic heterocycles. The van der Waals surface area contributed by atoms with E-state index in [4.69, 9.17) is 24.2 Å². The zero-order valence-corrected chi connectivity index (χ0v) is 37.7. The fourth-order valence-corrected chi connectivity index (χ4v) is 11.7. The molecular formula is C50H62FN3O8S. The summed E-state index contributed by atoms with van der Waals surface area (Å²) in [6, 6.07) is 20.0. The van der Waals surface area contributed by atoms with Crippen molar-refractivity contribution in [1.82, 2.24) is 9.29 Å². The van der Waals surface area contributed by atoms with Gasteiger partial charge in [0.25, 0.3) is 0 Å². The number of unbranched alkanes of at least 4 members (excludes halogenated alkanes) is 2. The van der Waals surface area contributed by atoms with Gasteiger partial charge in [0, 0.05) is 54.8 Å². The number of aromatic nitrogens is 1. The highest BCUT2D eigenvalue weighted by molar-refractivity contribution is 7.89. The van der Waals surface area contributed by atoms with Crippen LogP contribution in [0.3, 0.4) is 0 Å². The third-order valence-corrected chi connectivity index (χ3v) is 14.3. The molecule has 1 aromatic heterocycles. The average Bonchev–Trinajstić information content (AvgIpc) is 3.27. The van der Waals surface area contributed by atoms with E-state index in [1.54, 1.807) is 54.7 Å². The van der Waals surface area contributed by atoms with Crippen molar-refractivity contribution in [1.29, 1.82) is 0 Å². The van der Waals surface area contributed by atoms with Gasteiger partial charge in [-0.25, -0.2) is 12.8 Å². The number of benzene rings is 3. The number of sulfonamides is 1. The summed E-state index contributed by atoms with van der Waals surface area (Å²) in [7, 11) is -4.30. The number of rotatable bonds is 20. The van der Waals surface area contributed by atoms with Crippen molar-refractivity contribution < 1.29 is 42.1 Å². The summed E-state index contributed by atoms with van der Waals surface area (Å²) < 4.78 is 68.1. The lowest BCUT2D eigenvalue weighted by Gasteiger charge is -2.59. The van der Waals surface area contributed by atoms with Crippen LogP contribution < -0.4 is 9.47 Å². The van der Waals surface area contributed by atoms with Gasteiger partial charge in [-0.2, -0.15) is 4.31 Å². The number of para-hydroxylation sites is 1. The quantitative estimate of drug-likeness (QED) is 0.0505. The summed E-state index contributed by atoms with van der Waals surface area (Å²) in [6.07, 6.45) is 10.4. The molecule has 2 aliphatic carbocycles. The Morgan fingerprint density at radius 1 is 1.02 bits per heavy atom. The van der Waals surface area contributed by atoms with Crippen molar-refractivity contribution in [2.45, 2.75) is 114 Å². The molecule has 0 bridgehead atoms. The Hall–Kier alpha value is -4.66. The predicted molar refractivity (Wildman–Crippen MR) is 242 cm³/mol. The molecule has 6 unspecified atom stereocenters. The first-order valence-corrected chi connectivity index (χ1v) is 23.8. The number of fused-ring (bicyclic) bond motifs is 3. The van der Waals surface area contributed by atoms with Gasteiger partial charge in [-0.3, -0.25) is 4.98 Å². The number of pyridine rings is 1. The zero-order valence-electron chi connectivity index (χ0n) is 36.9. The molecule has 6 atom stereocenters. The van der Waals surface area contributed by atoms with Crippen LogP contribution in [0.5, 0.6) is 11.5 Å². The van der Waals surface area contributed by atoms with Crippen molar-refractivity contribution >= 4 is 26.6 Å². The number of hydrogen-bond donors (Lipinski definition) is 2. The van der Waals surface area contributed by atoms with Crippen molar-refractivity contribution in [2.75, 3.05) is 26.4 Å². The van der Waals surface area contributed by atoms with E-state index in [0.29, 0.717) is 52.9 Å². The van der Waals surface area contributed by atoms with Crippen LogP contribution >= 0.6 is 0 Å². The van der Waals surface area contributed by atoms with Crippen molar-refractivity contribution in [2.24, 2.45) is 22.9 Å². The highest BCUT2D eigenvalue weighted by Gasteiger charge is 2.66. The normalized spacial score (nSPS) is 23.8. The standard InChI is InChI=1S/C50H62FN3O8S/c1-6-26-54(63(57,58)44-22-14-18-34-19-15-25-52-48(34)44)45-32-42(53-62-49(3,4)5)39-30-35(16-10-12-27-55)38(20-11-13-28-56)46-40-31-37(59-33-36-17-8-9-21-41(36)51)23-24-43(40)61-50(45,47(39)46)60-29-7-2/h7-9,14-15,17-19,21-25,30-31,35,38,45-47,55-56H,2,6,10-13,16,20,26-29,32-33H2,1,3-5H3. The second-order valence-corrected chi connectivity index (χ2v) is 19.7. The molecule has 63 heavy (non-hydrogen) atoms. The maximum atomic E-state index is 15.5. The van der Waals surface area contributed by atoms with Gasteiger partial charge in [0.05, 0.1) is 29.8 Å². The lowest BCUT2D eigenvalue weighted by Crippen LogP contribution is -2.70. The van der Waals surface area contributed by atoms with E-state index < -0.39 is 33.4 Å². The molecule has 7 rings (SSSR count). The molecule has 13 heteroatoms. The van der Waals surface area contributed by atoms with Crippen LogP contribution in [0.25, 0.3) is 10.9 Å². The van der Waals surface area contributed by atoms with Gasteiger partial charge in [0.2, 0.25) is 15.8 Å². The predicted octanol–water partition coefficient (Wildman–Crippen LogP) is 9.49. The summed E-state index contributed by atoms with van der Waals surface area (Å²) in [5, 5.41) is 25.5. The SMILES string of the molecule is C=CCOC12Oc3ccc(OCc4ccccc4F)cc3C3C(CCCCO)C(CCCCO)C=C(C(=NOC(C)(C)C)CC1N(CCC)S(=O)(=O)c1cccc4cccnc14)C32. The van der Waals surface area contributed by atoms with E-state index in [1.165, 1.54) is 10.4 Å². The number of aliphatic hydroxyl groups excluding tert-OH is 2. The molecule has 4 aromatic rings. The summed E-state index contributed by atoms with van der Waals surface area (Å²) in [5.41, 5.74) is 2.45. The number of nitrogens with zero attached hydrogens (tertiary/aromatic N) is 3. The Bertz CT molecular complexity index is 2390. The number of aliphatic hydroxyl groups is 2. The second kappa shape index (κ2) is 20.0. The Morgan fingerprint density at radius 3 is 2.51 bits per heavy atom. The lowest BCUT2D eigenvalue weighted by atomic mass is 9.55. The Balaban J connectivity index is 1.48. The summed E-state index contributed by atoms with van der Waals surface area (Å²) in [6.45, 7) is 12.1. The first-order valence-electron chi connectivity index (χ1n) is 22.3. The summed E-state index contributed by atoms with van der Waals surface area (Å²) in [4.78, 5) is 10.9. The first-order chi connectivity index (χ1) is 30.4.